The van der Waals surface area contributed by atoms with Crippen molar-refractivity contribution in [3.8, 4) is 17.5 Å². The number of nitriles is 1. The topological polar surface area (TPSA) is 101 Å². The molecule has 7 nitrogen and oxygen atoms in total. The second-order valence-corrected chi connectivity index (χ2v) is 9.29. The van der Waals surface area contributed by atoms with Crippen molar-refractivity contribution in [2.45, 2.75) is 38.0 Å². The monoisotopic (exact) mass is 495 g/mol. The zero-order chi connectivity index (χ0) is 26.0. The van der Waals surface area contributed by atoms with Gasteiger partial charge in [-0.1, -0.05) is 24.8 Å². The van der Waals surface area contributed by atoms with Crippen LogP contribution >= 0.6 is 0 Å². The summed E-state index contributed by atoms with van der Waals surface area (Å²) in [6, 6.07) is 13.0. The number of pyridine rings is 1. The Morgan fingerprint density at radius 1 is 1.27 bits per heavy atom. The number of carbonyl (C=O) groups excluding carboxylic acids is 1. The number of carbonyl (C=O) groups is 1. The fourth-order valence-electron chi connectivity index (χ4n) is 4.25. The highest BCUT2D eigenvalue weighted by Gasteiger charge is 2.48. The van der Waals surface area contributed by atoms with Gasteiger partial charge in [0.2, 0.25) is 0 Å². The Kier molecular flexibility index (Phi) is 6.64. The van der Waals surface area contributed by atoms with Gasteiger partial charge in [-0.2, -0.15) is 5.26 Å². The maximum atomic E-state index is 14.5. The van der Waals surface area contributed by atoms with Crippen molar-refractivity contribution in [2.24, 2.45) is 0 Å². The van der Waals surface area contributed by atoms with Crippen LogP contribution in [0.1, 0.15) is 53.0 Å². The lowest BCUT2D eigenvalue weighted by molar-refractivity contribution is 0.0952. The smallest absolute Gasteiger partial charge is 0.251 e. The molecule has 1 N–H and O–H groups in total. The van der Waals surface area contributed by atoms with Crippen LogP contribution in [0.4, 0.5) is 4.39 Å². The van der Waals surface area contributed by atoms with Crippen LogP contribution < -0.4 is 15.9 Å². The van der Waals surface area contributed by atoms with Gasteiger partial charge in [0, 0.05) is 18.3 Å². The lowest BCUT2D eigenvalue weighted by atomic mass is 9.92. The number of ether oxygens (including phenoxy) is 1. The summed E-state index contributed by atoms with van der Waals surface area (Å²) in [6.45, 7) is 6.99. The van der Waals surface area contributed by atoms with E-state index in [1.165, 1.54) is 0 Å². The van der Waals surface area contributed by atoms with Gasteiger partial charge in [-0.15, -0.1) is 0 Å². The highest BCUT2D eigenvalue weighted by molar-refractivity contribution is 5.94. The lowest BCUT2D eigenvalue weighted by Crippen LogP contribution is -2.30. The summed E-state index contributed by atoms with van der Waals surface area (Å²) in [7, 11) is 0. The van der Waals surface area contributed by atoms with Gasteiger partial charge in [0.1, 0.15) is 0 Å². The second kappa shape index (κ2) is 10.0. The molecule has 1 aliphatic heterocycles. The van der Waals surface area contributed by atoms with Gasteiger partial charge < -0.3 is 10.1 Å². The maximum Gasteiger partial charge on any atom is 0.251 e. The number of nitrogens with one attached hydrogen (secondary N) is 1. The molecule has 0 bridgehead atoms. The van der Waals surface area contributed by atoms with Crippen molar-refractivity contribution in [1.82, 2.24) is 20.3 Å². The Morgan fingerprint density at radius 3 is 2.84 bits per heavy atom. The van der Waals surface area contributed by atoms with Crippen LogP contribution in [-0.4, -0.2) is 34.0 Å². The van der Waals surface area contributed by atoms with Crippen molar-refractivity contribution in [3.63, 3.8) is 0 Å². The first-order chi connectivity index (χ1) is 17.9. The van der Waals surface area contributed by atoms with E-state index in [0.717, 1.165) is 16.3 Å². The standard InChI is InChI=1S/C29H26FN5O2/c1-3-19-6-7-24(25-8-11-32-28(35-25)29(30)9-10-29)34-26(19)12-18(2)15-33-27(36)20-4-5-21-16-37-17-22(14-31)23(21)13-20/h3-8,11-13,22H,2,9-10,15-17H2,1H3,(H,33,36)/b19-3-,26-12+. The minimum Gasteiger partial charge on any atom is -0.375 e. The van der Waals surface area contributed by atoms with E-state index in [1.54, 1.807) is 24.4 Å². The summed E-state index contributed by atoms with van der Waals surface area (Å²) < 4.78 is 19.9. The van der Waals surface area contributed by atoms with E-state index in [0.29, 0.717) is 53.9 Å². The minimum atomic E-state index is -1.42. The molecule has 37 heavy (non-hydrogen) atoms. The lowest BCUT2D eigenvalue weighted by Gasteiger charge is -2.21. The first kappa shape index (κ1) is 24.5. The molecule has 1 amide bonds. The Hall–Kier alpha value is -4.22. The first-order valence-electron chi connectivity index (χ1n) is 12.1. The number of amides is 1. The van der Waals surface area contributed by atoms with Crippen LogP contribution in [0.25, 0.3) is 23.5 Å². The van der Waals surface area contributed by atoms with Crippen LogP contribution in [0.3, 0.4) is 0 Å². The average molecular weight is 496 g/mol. The highest BCUT2D eigenvalue weighted by atomic mass is 19.1. The fourth-order valence-corrected chi connectivity index (χ4v) is 4.25. The summed E-state index contributed by atoms with van der Waals surface area (Å²) in [5, 5.41) is 13.9. The molecule has 2 aromatic heterocycles. The molecule has 1 unspecified atom stereocenters. The molecule has 2 aliphatic rings. The summed E-state index contributed by atoms with van der Waals surface area (Å²) in [5.41, 5.74) is 2.64. The van der Waals surface area contributed by atoms with Crippen LogP contribution in [0.2, 0.25) is 0 Å². The number of fused-ring (bicyclic) bond motifs is 1. The number of aromatic nitrogens is 3. The SMILES string of the molecule is C=C(/C=c1/nc(-c2ccnc(C3(F)CC3)n2)cc/c1=C/C)CNC(=O)c1ccc2c(c1)C(C#N)COC2. The van der Waals surface area contributed by atoms with E-state index >= 15 is 0 Å². The molecular formula is C29H26FN5O2. The molecule has 5 rings (SSSR count). The van der Waals surface area contributed by atoms with E-state index < -0.39 is 5.67 Å². The molecule has 3 heterocycles. The van der Waals surface area contributed by atoms with Crippen molar-refractivity contribution >= 4 is 18.1 Å². The number of hydrogen-bond acceptors (Lipinski definition) is 6. The molecule has 1 atom stereocenters. The van der Waals surface area contributed by atoms with Crippen LogP contribution in [-0.2, 0) is 17.0 Å². The maximum absolute atomic E-state index is 14.5. The molecule has 1 fully saturated rings. The largest absolute Gasteiger partial charge is 0.375 e. The second-order valence-electron chi connectivity index (χ2n) is 9.29. The molecule has 0 spiro atoms. The molecule has 1 saturated carbocycles. The van der Waals surface area contributed by atoms with Gasteiger partial charge in [-0.3, -0.25) is 4.79 Å². The number of rotatable bonds is 6. The van der Waals surface area contributed by atoms with Crippen molar-refractivity contribution in [1.29, 1.82) is 5.26 Å². The summed E-state index contributed by atoms with van der Waals surface area (Å²) in [5.74, 6) is -0.433. The van der Waals surface area contributed by atoms with E-state index in [9.17, 15) is 14.4 Å². The Labute approximate surface area is 214 Å². The van der Waals surface area contributed by atoms with Crippen LogP contribution in [0.15, 0.2) is 54.7 Å². The van der Waals surface area contributed by atoms with Gasteiger partial charge in [-0.05, 0) is 72.0 Å². The number of alkyl halides is 1. The van der Waals surface area contributed by atoms with Crippen LogP contribution in [0, 0.1) is 11.3 Å². The summed E-state index contributed by atoms with van der Waals surface area (Å²) in [6.07, 6.45) is 6.19. The number of hydrogen-bond donors (Lipinski definition) is 1. The normalized spacial score (nSPS) is 18.6. The molecule has 8 heteroatoms. The molecular weight excluding hydrogens is 469 g/mol. The highest BCUT2D eigenvalue weighted by Crippen LogP contribution is 2.48. The molecule has 1 aliphatic carbocycles. The van der Waals surface area contributed by atoms with E-state index in [-0.39, 0.29) is 24.2 Å². The van der Waals surface area contributed by atoms with Crippen molar-refractivity contribution in [2.75, 3.05) is 13.2 Å². The molecule has 3 aromatic rings. The van der Waals surface area contributed by atoms with E-state index in [2.05, 4.69) is 27.9 Å². The third-order valence-corrected chi connectivity index (χ3v) is 6.57. The molecule has 186 valence electrons. The fraction of sp³-hybridized carbons (Fsp3) is 0.276. The van der Waals surface area contributed by atoms with Gasteiger partial charge >= 0.3 is 0 Å². The third kappa shape index (κ3) is 5.18. The average Bonchev–Trinajstić information content (AvgIpc) is 3.69. The zero-order valence-corrected chi connectivity index (χ0v) is 20.5. The number of nitrogens with zero attached hydrogens (tertiary/aromatic N) is 4. The molecule has 1 aromatic carbocycles. The van der Waals surface area contributed by atoms with Gasteiger partial charge in [0.05, 0.1) is 41.9 Å². The summed E-state index contributed by atoms with van der Waals surface area (Å²) >= 11 is 0. The molecule has 0 saturated heterocycles. The quantitative estimate of drug-likeness (QED) is 0.564. The number of halogens is 1. The Morgan fingerprint density at radius 2 is 2.08 bits per heavy atom. The predicted molar refractivity (Wildman–Crippen MR) is 137 cm³/mol. The number of benzene rings is 1. The zero-order valence-electron chi connectivity index (χ0n) is 20.5. The Balaban J connectivity index is 1.33. The van der Waals surface area contributed by atoms with Gasteiger partial charge in [0.15, 0.2) is 11.5 Å². The van der Waals surface area contributed by atoms with Gasteiger partial charge in [-0.25, -0.2) is 19.3 Å². The minimum absolute atomic E-state index is 0.200. The van der Waals surface area contributed by atoms with Crippen molar-refractivity contribution in [3.05, 3.63) is 87.8 Å². The molecule has 0 radical (unpaired) electrons. The predicted octanol–water partition coefficient (Wildman–Crippen LogP) is 3.20. The van der Waals surface area contributed by atoms with Crippen LogP contribution in [0.5, 0.6) is 0 Å². The van der Waals surface area contributed by atoms with E-state index in [4.69, 9.17) is 9.72 Å². The Bertz CT molecular complexity index is 1560. The van der Waals surface area contributed by atoms with E-state index in [1.807, 2.05) is 37.3 Å². The third-order valence-electron chi connectivity index (χ3n) is 6.57. The van der Waals surface area contributed by atoms with Gasteiger partial charge in [0.25, 0.3) is 5.91 Å². The summed E-state index contributed by atoms with van der Waals surface area (Å²) in [4.78, 5) is 26.1. The first-order valence-corrected chi connectivity index (χ1v) is 12.1. The van der Waals surface area contributed by atoms with Crippen molar-refractivity contribution < 1.29 is 13.9 Å².